The highest BCUT2D eigenvalue weighted by molar-refractivity contribution is 5.86. The number of nitriles is 1. The van der Waals surface area contributed by atoms with Crippen LogP contribution < -0.4 is 10.2 Å². The van der Waals surface area contributed by atoms with Crippen LogP contribution in [0.3, 0.4) is 0 Å². The van der Waals surface area contributed by atoms with Crippen LogP contribution in [0.25, 0.3) is 11.0 Å². The molecule has 0 saturated carbocycles. The molecule has 0 aliphatic carbocycles. The van der Waals surface area contributed by atoms with Crippen molar-refractivity contribution in [1.82, 2.24) is 19.7 Å². The van der Waals surface area contributed by atoms with Crippen LogP contribution in [-0.4, -0.2) is 39.4 Å². The van der Waals surface area contributed by atoms with E-state index in [1.807, 2.05) is 0 Å². The molecule has 0 bridgehead atoms. The van der Waals surface area contributed by atoms with Gasteiger partial charge >= 0.3 is 0 Å². The monoisotopic (exact) mass is 347 g/mol. The normalized spacial score (nSPS) is 16.7. The van der Waals surface area contributed by atoms with Gasteiger partial charge < -0.3 is 10.2 Å². The fourth-order valence-electron chi connectivity index (χ4n) is 3.47. The van der Waals surface area contributed by atoms with Gasteiger partial charge in [0.25, 0.3) is 0 Å². The van der Waals surface area contributed by atoms with Crippen molar-refractivity contribution in [2.45, 2.75) is 19.4 Å². The van der Waals surface area contributed by atoms with Gasteiger partial charge in [-0.2, -0.15) is 10.4 Å². The zero-order valence-electron chi connectivity index (χ0n) is 14.5. The number of nitrogens with one attached hydrogen (secondary N) is 1. The molecular weight excluding hydrogens is 326 g/mol. The van der Waals surface area contributed by atoms with Crippen molar-refractivity contribution in [3.63, 3.8) is 0 Å². The topological polar surface area (TPSA) is 82.7 Å². The summed E-state index contributed by atoms with van der Waals surface area (Å²) in [5, 5.41) is 17.5. The first-order valence-electron chi connectivity index (χ1n) is 8.92. The third-order valence-corrected chi connectivity index (χ3v) is 4.83. The lowest BCUT2D eigenvalue weighted by atomic mass is 10.1. The largest absolute Gasteiger partial charge is 0.371 e. The van der Waals surface area contributed by atoms with Crippen molar-refractivity contribution in [1.29, 1.82) is 5.26 Å². The lowest BCUT2D eigenvalue weighted by Crippen LogP contribution is -2.22. The molecule has 1 N–H and O–H groups in total. The highest BCUT2D eigenvalue weighted by Crippen LogP contribution is 2.25. The molecule has 7 nitrogen and oxygen atoms in total. The Morgan fingerprint density at radius 1 is 1.23 bits per heavy atom. The van der Waals surface area contributed by atoms with Crippen LogP contribution in [-0.2, 0) is 6.54 Å². The summed E-state index contributed by atoms with van der Waals surface area (Å²) in [5.41, 5.74) is 2.06. The van der Waals surface area contributed by atoms with Crippen LogP contribution in [0.5, 0.6) is 0 Å². The average Bonchev–Trinajstić information content (AvgIpc) is 3.33. The number of hydrogen-bond donors (Lipinski definition) is 1. The minimum absolute atomic E-state index is 0.418. The molecule has 26 heavy (non-hydrogen) atoms. The first-order valence-corrected chi connectivity index (χ1v) is 8.92. The highest BCUT2D eigenvalue weighted by atomic mass is 15.3. The number of aryl methyl sites for hydroxylation is 1. The quantitative estimate of drug-likeness (QED) is 0.738. The molecule has 7 heteroatoms. The van der Waals surface area contributed by atoms with Crippen LogP contribution in [0.15, 0.2) is 42.9 Å². The molecule has 1 saturated heterocycles. The van der Waals surface area contributed by atoms with E-state index in [1.54, 1.807) is 17.2 Å². The molecule has 3 heterocycles. The second-order valence-electron chi connectivity index (χ2n) is 6.55. The van der Waals surface area contributed by atoms with Crippen molar-refractivity contribution in [2.75, 3.05) is 29.9 Å². The molecule has 1 unspecified atom stereocenters. The Labute approximate surface area is 152 Å². The Balaban J connectivity index is 1.41. The summed E-state index contributed by atoms with van der Waals surface area (Å²) in [5.74, 6) is 1.39. The lowest BCUT2D eigenvalue weighted by molar-refractivity contribution is 0.621. The van der Waals surface area contributed by atoms with Gasteiger partial charge in [-0.05, 0) is 24.5 Å². The molecule has 1 fully saturated rings. The number of nitrogens with zero attached hydrogens (tertiary/aromatic N) is 6. The van der Waals surface area contributed by atoms with Gasteiger partial charge in [-0.25, -0.2) is 14.6 Å². The van der Waals surface area contributed by atoms with Crippen molar-refractivity contribution < 1.29 is 0 Å². The summed E-state index contributed by atoms with van der Waals surface area (Å²) in [6.07, 6.45) is 4.92. The maximum absolute atomic E-state index is 8.76. The highest BCUT2D eigenvalue weighted by Gasteiger charge is 2.22. The Hall–Kier alpha value is -3.14. The van der Waals surface area contributed by atoms with E-state index >= 15 is 0 Å². The minimum Gasteiger partial charge on any atom is -0.371 e. The van der Waals surface area contributed by atoms with Crippen LogP contribution in [0.1, 0.15) is 12.8 Å². The number of rotatable bonds is 6. The van der Waals surface area contributed by atoms with Crippen molar-refractivity contribution in [3.05, 3.63) is 42.9 Å². The molecule has 2 aromatic heterocycles. The van der Waals surface area contributed by atoms with Crippen molar-refractivity contribution in [2.24, 2.45) is 5.92 Å². The molecular formula is C19H21N7. The van der Waals surface area contributed by atoms with Gasteiger partial charge in [0.05, 0.1) is 30.6 Å². The van der Waals surface area contributed by atoms with Gasteiger partial charge in [0.15, 0.2) is 5.65 Å². The molecule has 3 aromatic rings. The zero-order chi connectivity index (χ0) is 17.8. The van der Waals surface area contributed by atoms with E-state index in [0.29, 0.717) is 18.9 Å². The summed E-state index contributed by atoms with van der Waals surface area (Å²) < 4.78 is 1.76. The molecule has 4 rings (SSSR count). The van der Waals surface area contributed by atoms with Gasteiger partial charge in [-0.15, -0.1) is 0 Å². The third-order valence-electron chi connectivity index (χ3n) is 4.83. The van der Waals surface area contributed by atoms with Crippen LogP contribution in [0, 0.1) is 17.2 Å². The number of hydrogen-bond acceptors (Lipinski definition) is 6. The maximum Gasteiger partial charge on any atom is 0.163 e. The maximum atomic E-state index is 8.76. The molecule has 0 radical (unpaired) electrons. The number of benzene rings is 1. The predicted octanol–water partition coefficient (Wildman–Crippen LogP) is 2.68. The van der Waals surface area contributed by atoms with E-state index in [2.05, 4.69) is 61.7 Å². The van der Waals surface area contributed by atoms with Gasteiger partial charge in [0.1, 0.15) is 12.1 Å². The van der Waals surface area contributed by atoms with Gasteiger partial charge in [0, 0.05) is 25.3 Å². The molecule has 0 amide bonds. The molecule has 1 aliphatic heterocycles. The Morgan fingerprint density at radius 2 is 2.12 bits per heavy atom. The standard InChI is InChI=1S/C19H21N7/c20-8-4-9-26-19-17(12-24-26)18(22-14-23-19)21-11-15-7-10-25(13-15)16-5-2-1-3-6-16/h1-3,5-6,12,14-15H,4,7,9-11,13H2,(H,21,22,23). The number of aromatic nitrogens is 4. The third kappa shape index (κ3) is 3.31. The van der Waals surface area contributed by atoms with Crippen LogP contribution in [0.4, 0.5) is 11.5 Å². The Bertz CT molecular complexity index is 913. The summed E-state index contributed by atoms with van der Waals surface area (Å²) in [6, 6.07) is 12.7. The smallest absolute Gasteiger partial charge is 0.163 e. The molecule has 0 spiro atoms. The first kappa shape index (κ1) is 16.3. The zero-order valence-corrected chi connectivity index (χ0v) is 14.5. The van der Waals surface area contributed by atoms with Crippen LogP contribution >= 0.6 is 0 Å². The molecule has 1 aliphatic rings. The predicted molar refractivity (Wildman–Crippen MR) is 101 cm³/mol. The lowest BCUT2D eigenvalue weighted by Gasteiger charge is -2.18. The van der Waals surface area contributed by atoms with E-state index in [0.717, 1.165) is 42.9 Å². The van der Waals surface area contributed by atoms with Crippen molar-refractivity contribution >= 4 is 22.5 Å². The molecule has 132 valence electrons. The second kappa shape index (κ2) is 7.40. The first-order chi connectivity index (χ1) is 12.8. The second-order valence-corrected chi connectivity index (χ2v) is 6.55. The molecule has 1 aromatic carbocycles. The van der Waals surface area contributed by atoms with E-state index in [4.69, 9.17) is 5.26 Å². The van der Waals surface area contributed by atoms with Crippen LogP contribution in [0.2, 0.25) is 0 Å². The van der Waals surface area contributed by atoms with Gasteiger partial charge in [0.2, 0.25) is 0 Å². The van der Waals surface area contributed by atoms with E-state index < -0.39 is 0 Å². The summed E-state index contributed by atoms with van der Waals surface area (Å²) in [4.78, 5) is 11.1. The van der Waals surface area contributed by atoms with Crippen molar-refractivity contribution in [3.8, 4) is 6.07 Å². The summed E-state index contributed by atoms with van der Waals surface area (Å²) in [7, 11) is 0. The fraction of sp³-hybridized carbons (Fsp3) is 0.368. The SMILES string of the molecule is N#CCCn1ncc2c(NCC3CCN(c4ccccc4)C3)ncnc21. The Kier molecular flexibility index (Phi) is 4.65. The Morgan fingerprint density at radius 3 is 2.96 bits per heavy atom. The summed E-state index contributed by atoms with van der Waals surface area (Å²) in [6.45, 7) is 3.55. The number of anilines is 2. The number of fused-ring (bicyclic) bond motifs is 1. The van der Waals surface area contributed by atoms with E-state index in [1.165, 1.54) is 5.69 Å². The summed E-state index contributed by atoms with van der Waals surface area (Å²) >= 11 is 0. The van der Waals surface area contributed by atoms with Gasteiger partial charge in [-0.1, -0.05) is 18.2 Å². The molecule has 1 atom stereocenters. The average molecular weight is 347 g/mol. The minimum atomic E-state index is 0.418. The van der Waals surface area contributed by atoms with E-state index in [-0.39, 0.29) is 0 Å². The fourth-order valence-corrected chi connectivity index (χ4v) is 3.47. The number of para-hydroxylation sites is 1. The van der Waals surface area contributed by atoms with Gasteiger partial charge in [-0.3, -0.25) is 0 Å². The van der Waals surface area contributed by atoms with E-state index in [9.17, 15) is 0 Å².